The molecule has 3 heterocycles. The highest BCUT2D eigenvalue weighted by Crippen LogP contribution is 2.33. The average Bonchev–Trinajstić information content (AvgIpc) is 3.14. The third-order valence-electron chi connectivity index (χ3n) is 8.31. The number of pyridine rings is 1. The van der Waals surface area contributed by atoms with Crippen LogP contribution in [0.3, 0.4) is 0 Å². The largest absolute Gasteiger partial charge is 0.313 e. The van der Waals surface area contributed by atoms with Gasteiger partial charge in [-0.25, -0.2) is 9.80 Å². The molecule has 2 aromatic rings. The van der Waals surface area contributed by atoms with Gasteiger partial charge in [-0.3, -0.25) is 21.4 Å². The highest BCUT2D eigenvalue weighted by Gasteiger charge is 2.46. The fourth-order valence-electron chi connectivity index (χ4n) is 6.42. The van der Waals surface area contributed by atoms with Crippen LogP contribution in [0, 0.1) is 0 Å². The quantitative estimate of drug-likeness (QED) is 0.578. The number of hydrogen-bond acceptors (Lipinski definition) is 8. The Balaban J connectivity index is 1.50. The van der Waals surface area contributed by atoms with Crippen molar-refractivity contribution in [2.75, 3.05) is 24.5 Å². The summed E-state index contributed by atoms with van der Waals surface area (Å²) in [6, 6.07) is 11.2. The summed E-state index contributed by atoms with van der Waals surface area (Å²) in [4.78, 5) is 14.0. The Morgan fingerprint density at radius 1 is 0.912 bits per heavy atom. The molecule has 6 N–H and O–H groups in total. The summed E-state index contributed by atoms with van der Waals surface area (Å²) in [6.45, 7) is 5.32. The van der Waals surface area contributed by atoms with Gasteiger partial charge in [0.25, 0.3) is 0 Å². The van der Waals surface area contributed by atoms with Gasteiger partial charge >= 0.3 is 0 Å². The highest BCUT2D eigenvalue weighted by atomic mass is 15.7. The number of likely N-dealkylation sites (N-methyl/N-ethyl adjacent to an activating group) is 1. The van der Waals surface area contributed by atoms with Gasteiger partial charge in [-0.2, -0.15) is 0 Å². The van der Waals surface area contributed by atoms with Crippen LogP contribution in [-0.4, -0.2) is 70.3 Å². The molecule has 3 aliphatic rings. The summed E-state index contributed by atoms with van der Waals surface area (Å²) in [7, 11) is 0. The zero-order chi connectivity index (χ0) is 23.7. The summed E-state index contributed by atoms with van der Waals surface area (Å²) in [5.41, 5.74) is 22.9. The number of nitrogens with two attached hydrogens (primary N) is 3. The van der Waals surface area contributed by atoms with Crippen LogP contribution in [0.1, 0.15) is 58.3 Å². The molecule has 8 heteroatoms. The molecule has 0 spiro atoms. The van der Waals surface area contributed by atoms with Crippen LogP contribution >= 0.6 is 0 Å². The molecule has 4 atom stereocenters. The van der Waals surface area contributed by atoms with Gasteiger partial charge in [0, 0.05) is 24.0 Å². The SMILES string of the molecule is CCN1CCCC1CN1C(N)N(c2cnc3ccccc3c2)C(N)N(C2CCCCCC2)C1N. The van der Waals surface area contributed by atoms with Gasteiger partial charge < -0.3 is 10.6 Å². The number of rotatable bonds is 5. The highest BCUT2D eigenvalue weighted by molar-refractivity contribution is 5.81. The van der Waals surface area contributed by atoms with Crippen molar-refractivity contribution in [1.29, 1.82) is 0 Å². The van der Waals surface area contributed by atoms with Crippen LogP contribution in [0.2, 0.25) is 0 Å². The van der Waals surface area contributed by atoms with E-state index in [1.807, 2.05) is 24.4 Å². The smallest absolute Gasteiger partial charge is 0.139 e. The standard InChI is InChI=1S/C26H42N8/c1-2-31-15-9-13-21(31)18-32-24(27)33(20-11-5-3-4-6-12-20)26(29)34(25(32)28)22-16-19-10-7-8-14-23(19)30-17-22/h7-8,10,14,16-17,20-21,24-26H,2-6,9,11-13,15,18,27-29H2,1H3. The Morgan fingerprint density at radius 2 is 1.68 bits per heavy atom. The van der Waals surface area contributed by atoms with Crippen molar-refractivity contribution in [1.82, 2.24) is 19.7 Å². The lowest BCUT2D eigenvalue weighted by Crippen LogP contribution is -2.80. The fourth-order valence-corrected chi connectivity index (χ4v) is 6.42. The topological polar surface area (TPSA) is 104 Å². The van der Waals surface area contributed by atoms with Crippen LogP contribution in [0.5, 0.6) is 0 Å². The molecule has 186 valence electrons. The van der Waals surface area contributed by atoms with Gasteiger partial charge in [0.2, 0.25) is 0 Å². The third kappa shape index (κ3) is 4.55. The molecule has 8 nitrogen and oxygen atoms in total. The average molecular weight is 467 g/mol. The Hall–Kier alpha value is -1.81. The molecule has 0 bridgehead atoms. The van der Waals surface area contributed by atoms with E-state index < -0.39 is 12.6 Å². The fraction of sp³-hybridized carbons (Fsp3) is 0.654. The number of para-hydroxylation sites is 1. The van der Waals surface area contributed by atoms with E-state index in [9.17, 15) is 0 Å². The van der Waals surface area contributed by atoms with Crippen LogP contribution in [0.25, 0.3) is 10.9 Å². The Kier molecular flexibility index (Phi) is 7.34. The molecule has 1 aromatic carbocycles. The van der Waals surface area contributed by atoms with Crippen molar-refractivity contribution in [3.63, 3.8) is 0 Å². The van der Waals surface area contributed by atoms with Crippen LogP contribution in [0.4, 0.5) is 5.69 Å². The maximum absolute atomic E-state index is 7.01. The van der Waals surface area contributed by atoms with Crippen LogP contribution in [0.15, 0.2) is 36.5 Å². The number of fused-ring (bicyclic) bond motifs is 1. The minimum absolute atomic E-state index is 0.294. The maximum Gasteiger partial charge on any atom is 0.139 e. The second-order valence-corrected chi connectivity index (χ2v) is 10.2. The zero-order valence-corrected chi connectivity index (χ0v) is 20.6. The normalized spacial score (nSPS) is 30.8. The monoisotopic (exact) mass is 466 g/mol. The van der Waals surface area contributed by atoms with E-state index in [2.05, 4.69) is 38.7 Å². The van der Waals surface area contributed by atoms with Gasteiger partial charge in [-0.05, 0) is 50.9 Å². The molecule has 3 fully saturated rings. The predicted molar refractivity (Wildman–Crippen MR) is 138 cm³/mol. The summed E-state index contributed by atoms with van der Waals surface area (Å²) in [5, 5.41) is 1.09. The molecule has 2 saturated heterocycles. The molecule has 1 aliphatic carbocycles. The molecule has 1 aromatic heterocycles. The molecule has 34 heavy (non-hydrogen) atoms. The Bertz CT molecular complexity index is 945. The lowest BCUT2D eigenvalue weighted by Gasteiger charge is -2.57. The first kappa shape index (κ1) is 23.9. The first-order valence-electron chi connectivity index (χ1n) is 13.3. The number of hydrogen-bond donors (Lipinski definition) is 3. The minimum atomic E-state index is -0.408. The number of anilines is 1. The number of nitrogens with zero attached hydrogens (tertiary/aromatic N) is 5. The van der Waals surface area contributed by atoms with Gasteiger partial charge in [0.15, 0.2) is 0 Å². The predicted octanol–water partition coefficient (Wildman–Crippen LogP) is 2.59. The van der Waals surface area contributed by atoms with E-state index in [0.717, 1.165) is 49.1 Å². The second-order valence-electron chi connectivity index (χ2n) is 10.2. The van der Waals surface area contributed by atoms with Crippen molar-refractivity contribution in [3.05, 3.63) is 36.5 Å². The van der Waals surface area contributed by atoms with Crippen molar-refractivity contribution in [2.45, 2.75) is 89.2 Å². The molecule has 2 aliphatic heterocycles. The van der Waals surface area contributed by atoms with Gasteiger partial charge in [-0.15, -0.1) is 0 Å². The maximum atomic E-state index is 7.01. The molecule has 4 unspecified atom stereocenters. The lowest BCUT2D eigenvalue weighted by atomic mass is 10.1. The number of aromatic nitrogens is 1. The van der Waals surface area contributed by atoms with Crippen molar-refractivity contribution < 1.29 is 0 Å². The Labute approximate surface area is 204 Å². The zero-order valence-electron chi connectivity index (χ0n) is 20.6. The first-order valence-corrected chi connectivity index (χ1v) is 13.3. The third-order valence-corrected chi connectivity index (χ3v) is 8.31. The van der Waals surface area contributed by atoms with E-state index in [0.29, 0.717) is 12.1 Å². The summed E-state index contributed by atoms with van der Waals surface area (Å²) >= 11 is 0. The van der Waals surface area contributed by atoms with Gasteiger partial charge in [0.1, 0.15) is 18.9 Å². The van der Waals surface area contributed by atoms with E-state index in [1.165, 1.54) is 38.5 Å². The number of benzene rings is 1. The van der Waals surface area contributed by atoms with Crippen LogP contribution in [-0.2, 0) is 0 Å². The molecule has 0 radical (unpaired) electrons. The van der Waals surface area contributed by atoms with Crippen LogP contribution < -0.4 is 22.1 Å². The Morgan fingerprint density at radius 3 is 2.44 bits per heavy atom. The van der Waals surface area contributed by atoms with Gasteiger partial charge in [-0.1, -0.05) is 50.8 Å². The minimum Gasteiger partial charge on any atom is -0.313 e. The summed E-state index contributed by atoms with van der Waals surface area (Å²) in [5.74, 6) is 0. The van der Waals surface area contributed by atoms with Crippen molar-refractivity contribution in [3.8, 4) is 0 Å². The molecule has 5 rings (SSSR count). The van der Waals surface area contributed by atoms with Crippen molar-refractivity contribution >= 4 is 16.6 Å². The summed E-state index contributed by atoms with van der Waals surface area (Å²) in [6.07, 6.45) is 10.6. The molecular weight excluding hydrogens is 424 g/mol. The summed E-state index contributed by atoms with van der Waals surface area (Å²) < 4.78 is 0. The lowest BCUT2D eigenvalue weighted by molar-refractivity contribution is -0.0917. The van der Waals surface area contributed by atoms with E-state index in [-0.39, 0.29) is 6.29 Å². The molecule has 0 amide bonds. The van der Waals surface area contributed by atoms with E-state index in [4.69, 9.17) is 22.2 Å². The second kappa shape index (κ2) is 10.4. The van der Waals surface area contributed by atoms with E-state index in [1.54, 1.807) is 0 Å². The first-order chi connectivity index (χ1) is 16.6. The van der Waals surface area contributed by atoms with Gasteiger partial charge in [0.05, 0.1) is 17.4 Å². The van der Waals surface area contributed by atoms with E-state index >= 15 is 0 Å². The number of likely N-dealkylation sites (tertiary alicyclic amines) is 1. The van der Waals surface area contributed by atoms with Crippen molar-refractivity contribution in [2.24, 2.45) is 17.2 Å². The molecule has 1 saturated carbocycles. The molecular formula is C26H42N8.